The second-order valence-electron chi connectivity index (χ2n) is 2.68. The molecule has 0 aromatic carbocycles. The first-order valence-electron chi connectivity index (χ1n) is 3.15. The Morgan fingerprint density at radius 1 is 1.60 bits per heavy atom. The van der Waals surface area contributed by atoms with Crippen molar-refractivity contribution in [3.63, 3.8) is 0 Å². The van der Waals surface area contributed by atoms with Gasteiger partial charge in [0.25, 0.3) is 0 Å². The van der Waals surface area contributed by atoms with Crippen LogP contribution in [0.25, 0.3) is 0 Å². The Hall–Kier alpha value is 0.0800. The average Bonchev–Trinajstić information content (AvgIpc) is 2.40. The number of rotatable bonds is 1. The molecule has 10 heavy (non-hydrogen) atoms. The van der Waals surface area contributed by atoms with Crippen LogP contribution in [0.5, 0.6) is 0 Å². The fourth-order valence-corrected chi connectivity index (χ4v) is 1.67. The molecule has 0 bridgehead atoms. The van der Waals surface area contributed by atoms with Crippen LogP contribution in [0.2, 0.25) is 0 Å². The van der Waals surface area contributed by atoms with E-state index in [0.29, 0.717) is 0 Å². The van der Waals surface area contributed by atoms with Gasteiger partial charge in [-0.2, -0.15) is 13.2 Å². The van der Waals surface area contributed by atoms with Crippen molar-refractivity contribution in [3.05, 3.63) is 0 Å². The SMILES string of the molecule is CCC1(C(F)(F)F)CC1Cl. The molecule has 0 saturated heterocycles. The molecule has 60 valence electrons. The third-order valence-electron chi connectivity index (χ3n) is 2.18. The first kappa shape index (κ1) is 8.18. The molecule has 1 aliphatic carbocycles. The van der Waals surface area contributed by atoms with Crippen molar-refractivity contribution in [3.8, 4) is 0 Å². The molecule has 0 N–H and O–H groups in total. The average molecular weight is 173 g/mol. The smallest absolute Gasteiger partial charge is 0.170 e. The Labute approximate surface area is 62.4 Å². The summed E-state index contributed by atoms with van der Waals surface area (Å²) in [6.07, 6.45) is -3.91. The van der Waals surface area contributed by atoms with Gasteiger partial charge >= 0.3 is 6.18 Å². The highest BCUT2D eigenvalue weighted by Crippen LogP contribution is 2.62. The van der Waals surface area contributed by atoms with Crippen molar-refractivity contribution in [1.29, 1.82) is 0 Å². The summed E-state index contributed by atoms with van der Waals surface area (Å²) in [4.78, 5) is 0. The van der Waals surface area contributed by atoms with Gasteiger partial charge in [0.2, 0.25) is 0 Å². The molecule has 0 radical (unpaired) electrons. The summed E-state index contributed by atoms with van der Waals surface area (Å²) in [5.41, 5.74) is -1.55. The van der Waals surface area contributed by atoms with E-state index in [1.54, 1.807) is 0 Å². The fraction of sp³-hybridized carbons (Fsp3) is 1.00. The minimum absolute atomic E-state index is 0.0918. The van der Waals surface area contributed by atoms with E-state index in [0.717, 1.165) is 0 Å². The molecular formula is C6H8ClF3. The topological polar surface area (TPSA) is 0 Å². The van der Waals surface area contributed by atoms with Crippen molar-refractivity contribution in [1.82, 2.24) is 0 Å². The molecule has 0 aliphatic heterocycles. The summed E-state index contributed by atoms with van der Waals surface area (Å²) in [5, 5.41) is -0.683. The third-order valence-corrected chi connectivity index (χ3v) is 2.75. The van der Waals surface area contributed by atoms with E-state index in [9.17, 15) is 13.2 Å². The van der Waals surface area contributed by atoms with Gasteiger partial charge in [-0.05, 0) is 12.8 Å². The maximum atomic E-state index is 12.1. The highest BCUT2D eigenvalue weighted by Gasteiger charge is 2.68. The van der Waals surface area contributed by atoms with Crippen LogP contribution in [0.1, 0.15) is 19.8 Å². The van der Waals surface area contributed by atoms with Gasteiger partial charge in [-0.25, -0.2) is 0 Å². The van der Waals surface area contributed by atoms with Gasteiger partial charge in [-0.1, -0.05) is 6.92 Å². The molecule has 0 spiro atoms. The largest absolute Gasteiger partial charge is 0.395 e. The Morgan fingerprint density at radius 2 is 2.00 bits per heavy atom. The summed E-state index contributed by atoms with van der Waals surface area (Å²) in [6.45, 7) is 1.52. The van der Waals surface area contributed by atoms with Crippen LogP contribution >= 0.6 is 11.6 Å². The summed E-state index contributed by atoms with van der Waals surface area (Å²) in [5.74, 6) is 0. The van der Waals surface area contributed by atoms with E-state index in [1.165, 1.54) is 6.92 Å². The Kier molecular flexibility index (Phi) is 1.66. The maximum absolute atomic E-state index is 12.1. The monoisotopic (exact) mass is 172 g/mol. The molecule has 0 aromatic rings. The molecule has 0 heterocycles. The predicted octanol–water partition coefficient (Wildman–Crippen LogP) is 2.96. The second-order valence-corrected chi connectivity index (χ2v) is 3.21. The van der Waals surface area contributed by atoms with Crippen molar-refractivity contribution < 1.29 is 13.2 Å². The van der Waals surface area contributed by atoms with Gasteiger partial charge in [0, 0.05) is 5.38 Å². The minimum Gasteiger partial charge on any atom is -0.170 e. The van der Waals surface area contributed by atoms with Gasteiger partial charge in [0.1, 0.15) is 0 Å². The van der Waals surface area contributed by atoms with Crippen molar-refractivity contribution in [2.24, 2.45) is 5.41 Å². The van der Waals surface area contributed by atoms with E-state index in [-0.39, 0.29) is 12.8 Å². The second kappa shape index (κ2) is 2.03. The van der Waals surface area contributed by atoms with Crippen LogP contribution in [0, 0.1) is 5.41 Å². The van der Waals surface area contributed by atoms with Crippen LogP contribution in [0.15, 0.2) is 0 Å². The van der Waals surface area contributed by atoms with Crippen molar-refractivity contribution in [2.75, 3.05) is 0 Å². The number of halogens is 4. The van der Waals surface area contributed by atoms with Gasteiger partial charge in [-0.15, -0.1) is 11.6 Å². The molecule has 1 rings (SSSR count). The van der Waals surface area contributed by atoms with E-state index in [4.69, 9.17) is 11.6 Å². The summed E-state index contributed by atoms with van der Waals surface area (Å²) >= 11 is 5.37. The zero-order valence-corrected chi connectivity index (χ0v) is 6.26. The lowest BCUT2D eigenvalue weighted by atomic mass is 10.0. The lowest BCUT2D eigenvalue weighted by Gasteiger charge is -2.16. The van der Waals surface area contributed by atoms with E-state index in [1.807, 2.05) is 0 Å². The molecule has 1 aliphatic rings. The van der Waals surface area contributed by atoms with E-state index >= 15 is 0 Å². The highest BCUT2D eigenvalue weighted by molar-refractivity contribution is 6.23. The first-order valence-corrected chi connectivity index (χ1v) is 3.58. The van der Waals surface area contributed by atoms with Gasteiger partial charge in [-0.3, -0.25) is 0 Å². The zero-order valence-electron chi connectivity index (χ0n) is 5.50. The maximum Gasteiger partial charge on any atom is 0.395 e. The van der Waals surface area contributed by atoms with Crippen molar-refractivity contribution >= 4 is 11.6 Å². The van der Waals surface area contributed by atoms with Crippen LogP contribution in [0.4, 0.5) is 13.2 Å². The molecule has 0 amide bonds. The van der Waals surface area contributed by atoms with Crippen LogP contribution < -0.4 is 0 Å². The highest BCUT2D eigenvalue weighted by atomic mass is 35.5. The lowest BCUT2D eigenvalue weighted by Crippen LogP contribution is -2.26. The quantitative estimate of drug-likeness (QED) is 0.534. The van der Waals surface area contributed by atoms with Crippen LogP contribution in [-0.4, -0.2) is 11.6 Å². The van der Waals surface area contributed by atoms with Crippen molar-refractivity contribution in [2.45, 2.75) is 31.3 Å². The number of hydrogen-bond donors (Lipinski definition) is 0. The number of hydrogen-bond acceptors (Lipinski definition) is 0. The molecule has 0 aromatic heterocycles. The standard InChI is InChI=1S/C6H8ClF3/c1-2-5(3-4(5)7)6(8,9)10/h4H,2-3H2,1H3. The fourth-order valence-electron chi connectivity index (χ4n) is 1.12. The Bertz CT molecular complexity index is 138. The van der Waals surface area contributed by atoms with E-state index < -0.39 is 17.0 Å². The third kappa shape index (κ3) is 0.911. The predicted molar refractivity (Wildman–Crippen MR) is 33.0 cm³/mol. The van der Waals surface area contributed by atoms with Gasteiger partial charge < -0.3 is 0 Å². The minimum atomic E-state index is -4.10. The Morgan fingerprint density at radius 3 is 2.00 bits per heavy atom. The van der Waals surface area contributed by atoms with Gasteiger partial charge in [0.15, 0.2) is 0 Å². The molecule has 2 unspecified atom stereocenters. The van der Waals surface area contributed by atoms with Crippen LogP contribution in [0.3, 0.4) is 0 Å². The first-order chi connectivity index (χ1) is 4.44. The molecule has 2 atom stereocenters. The molecule has 1 saturated carbocycles. The summed E-state index contributed by atoms with van der Waals surface area (Å²) < 4.78 is 36.2. The number of alkyl halides is 4. The molecule has 4 heteroatoms. The molecular weight excluding hydrogens is 165 g/mol. The zero-order chi connectivity index (χ0) is 7.99. The molecule has 0 nitrogen and oxygen atoms in total. The van der Waals surface area contributed by atoms with E-state index in [2.05, 4.69) is 0 Å². The summed E-state index contributed by atoms with van der Waals surface area (Å²) in [6, 6.07) is 0. The van der Waals surface area contributed by atoms with Gasteiger partial charge in [0.05, 0.1) is 5.41 Å². The Balaban J connectivity index is 2.69. The summed E-state index contributed by atoms with van der Waals surface area (Å²) in [7, 11) is 0. The lowest BCUT2D eigenvalue weighted by molar-refractivity contribution is -0.187. The van der Waals surface area contributed by atoms with Crippen LogP contribution in [-0.2, 0) is 0 Å². The normalized spacial score (nSPS) is 39.9. The molecule has 1 fully saturated rings.